The van der Waals surface area contributed by atoms with Crippen molar-refractivity contribution in [1.82, 2.24) is 15.1 Å². The topological polar surface area (TPSA) is 56.2 Å². The summed E-state index contributed by atoms with van der Waals surface area (Å²) in [5.41, 5.74) is 2.21. The third kappa shape index (κ3) is 5.75. The smallest absolute Gasteiger partial charge is 0.251 e. The van der Waals surface area contributed by atoms with Crippen LogP contribution in [0.2, 0.25) is 10.2 Å². The Labute approximate surface area is 188 Å². The van der Waals surface area contributed by atoms with Crippen LogP contribution in [-0.4, -0.2) is 22.2 Å². The minimum atomic E-state index is -0.131. The van der Waals surface area contributed by atoms with Crippen molar-refractivity contribution >= 4 is 45.0 Å². The van der Waals surface area contributed by atoms with E-state index in [1.54, 1.807) is 17.7 Å². The van der Waals surface area contributed by atoms with Crippen LogP contribution in [0.3, 0.4) is 0 Å². The van der Waals surface area contributed by atoms with Gasteiger partial charge >= 0.3 is 0 Å². The van der Waals surface area contributed by atoms with Crippen molar-refractivity contribution in [3.63, 3.8) is 0 Å². The Bertz CT molecular complexity index is 1010. The van der Waals surface area contributed by atoms with Gasteiger partial charge in [-0.15, -0.1) is 0 Å². The fourth-order valence-electron chi connectivity index (χ4n) is 2.74. The molecule has 0 fully saturated rings. The lowest BCUT2D eigenvalue weighted by molar-refractivity contribution is 0.0952. The van der Waals surface area contributed by atoms with E-state index in [0.29, 0.717) is 47.6 Å². The van der Waals surface area contributed by atoms with Gasteiger partial charge in [0.25, 0.3) is 5.91 Å². The molecule has 1 amide bonds. The molecular weight excluding hydrogens is 477 g/mol. The minimum Gasteiger partial charge on any atom is -0.488 e. The van der Waals surface area contributed by atoms with E-state index in [1.807, 2.05) is 42.5 Å². The van der Waals surface area contributed by atoms with Crippen molar-refractivity contribution in [3.05, 3.63) is 80.0 Å². The molecule has 1 heterocycles. The maximum atomic E-state index is 12.4. The number of carbonyl (C=O) groups is 1. The number of aryl methyl sites for hydroxylation is 2. The summed E-state index contributed by atoms with van der Waals surface area (Å²) in [4.78, 5) is 12.4. The minimum absolute atomic E-state index is 0.131. The molecule has 0 saturated carbocycles. The molecule has 29 heavy (non-hydrogen) atoms. The van der Waals surface area contributed by atoms with Crippen LogP contribution < -0.4 is 10.1 Å². The molecule has 0 aliphatic carbocycles. The number of hydrogen-bond donors (Lipinski definition) is 1. The average molecular weight is 497 g/mol. The Morgan fingerprint density at radius 1 is 1.21 bits per heavy atom. The Morgan fingerprint density at radius 2 is 2.00 bits per heavy atom. The first kappa shape index (κ1) is 21.7. The molecule has 0 saturated heterocycles. The van der Waals surface area contributed by atoms with Gasteiger partial charge in [-0.2, -0.15) is 5.10 Å². The van der Waals surface area contributed by atoms with Crippen molar-refractivity contribution in [2.75, 3.05) is 6.54 Å². The number of benzene rings is 2. The zero-order valence-electron chi connectivity index (χ0n) is 15.8. The second kappa shape index (κ2) is 10.1. The molecule has 0 bridgehead atoms. The normalized spacial score (nSPS) is 10.8. The molecule has 3 rings (SSSR count). The molecule has 152 valence electrons. The van der Waals surface area contributed by atoms with Gasteiger partial charge in [0.2, 0.25) is 0 Å². The number of nitrogens with zero attached hydrogens (tertiary/aromatic N) is 2. The zero-order chi connectivity index (χ0) is 20.8. The summed E-state index contributed by atoms with van der Waals surface area (Å²) in [5, 5.41) is 8.08. The Hall–Kier alpha value is -2.02. The number of hydrogen-bond acceptors (Lipinski definition) is 3. The van der Waals surface area contributed by atoms with Crippen molar-refractivity contribution in [2.45, 2.75) is 26.5 Å². The van der Waals surface area contributed by atoms with E-state index < -0.39 is 0 Å². The summed E-state index contributed by atoms with van der Waals surface area (Å²) < 4.78 is 8.35. The number of para-hydroxylation sites is 1. The number of amides is 1. The van der Waals surface area contributed by atoms with Gasteiger partial charge in [-0.25, -0.2) is 0 Å². The highest BCUT2D eigenvalue weighted by molar-refractivity contribution is 9.10. The Balaban J connectivity index is 1.50. The number of halogens is 3. The molecule has 1 N–H and O–H groups in total. The first-order valence-corrected chi connectivity index (χ1v) is 10.6. The molecule has 5 nitrogen and oxygen atoms in total. The van der Waals surface area contributed by atoms with Gasteiger partial charge in [0.1, 0.15) is 22.5 Å². The van der Waals surface area contributed by atoms with E-state index in [4.69, 9.17) is 27.9 Å². The molecule has 1 aromatic heterocycles. The van der Waals surface area contributed by atoms with E-state index in [0.717, 1.165) is 15.8 Å². The molecule has 0 spiro atoms. The molecule has 0 aliphatic rings. The van der Waals surface area contributed by atoms with Crippen molar-refractivity contribution in [3.8, 4) is 5.75 Å². The zero-order valence-corrected chi connectivity index (χ0v) is 18.9. The van der Waals surface area contributed by atoms with Gasteiger partial charge in [-0.05, 0) is 59.1 Å². The van der Waals surface area contributed by atoms with E-state index >= 15 is 0 Å². The number of rotatable bonds is 8. The standard InChI is InChI=1S/C21H20BrCl2N3O2/c1-14-19(23)20(24)27(26-14)11-5-10-25-21(28)16-7-4-6-15(12-16)13-29-18-9-3-2-8-17(18)22/h2-4,6-9,12H,5,10-11,13H2,1H3,(H,25,28). The second-order valence-corrected chi connectivity index (χ2v) is 8.03. The van der Waals surface area contributed by atoms with Gasteiger partial charge < -0.3 is 10.1 Å². The number of nitrogens with one attached hydrogen (secondary N) is 1. The second-order valence-electron chi connectivity index (χ2n) is 6.44. The Kier molecular flexibility index (Phi) is 7.58. The summed E-state index contributed by atoms with van der Waals surface area (Å²) in [6.07, 6.45) is 0.688. The van der Waals surface area contributed by atoms with Crippen LogP contribution in [0.15, 0.2) is 53.0 Å². The van der Waals surface area contributed by atoms with E-state index in [9.17, 15) is 4.79 Å². The third-order valence-electron chi connectivity index (χ3n) is 4.25. The highest BCUT2D eigenvalue weighted by Crippen LogP contribution is 2.25. The largest absolute Gasteiger partial charge is 0.488 e. The molecule has 8 heteroatoms. The maximum Gasteiger partial charge on any atom is 0.251 e. The fraction of sp³-hybridized carbons (Fsp3) is 0.238. The molecule has 0 atom stereocenters. The lowest BCUT2D eigenvalue weighted by atomic mass is 10.1. The lowest BCUT2D eigenvalue weighted by Crippen LogP contribution is -2.25. The van der Waals surface area contributed by atoms with Crippen LogP contribution in [0.4, 0.5) is 0 Å². The SMILES string of the molecule is Cc1nn(CCCNC(=O)c2cccc(COc3ccccc3Br)c2)c(Cl)c1Cl. The highest BCUT2D eigenvalue weighted by Gasteiger charge is 2.11. The van der Waals surface area contributed by atoms with Crippen LogP contribution in [0.5, 0.6) is 5.75 Å². The van der Waals surface area contributed by atoms with Gasteiger partial charge in [-0.3, -0.25) is 9.48 Å². The number of aromatic nitrogens is 2. The van der Waals surface area contributed by atoms with Crippen LogP contribution in [0.25, 0.3) is 0 Å². The summed E-state index contributed by atoms with van der Waals surface area (Å²) in [6.45, 7) is 3.26. The molecule has 3 aromatic rings. The quantitative estimate of drug-likeness (QED) is 0.409. The highest BCUT2D eigenvalue weighted by atomic mass is 79.9. The average Bonchev–Trinajstić information content (AvgIpc) is 2.97. The van der Waals surface area contributed by atoms with E-state index in [1.165, 1.54) is 0 Å². The van der Waals surface area contributed by atoms with Crippen molar-refractivity contribution in [1.29, 1.82) is 0 Å². The molecule has 0 radical (unpaired) electrons. The number of carbonyl (C=O) groups excluding carboxylic acids is 1. The third-order valence-corrected chi connectivity index (χ3v) is 5.84. The summed E-state index contributed by atoms with van der Waals surface area (Å²) >= 11 is 15.6. The van der Waals surface area contributed by atoms with Crippen LogP contribution in [-0.2, 0) is 13.2 Å². The van der Waals surface area contributed by atoms with E-state index in [2.05, 4.69) is 26.3 Å². The monoisotopic (exact) mass is 495 g/mol. The Morgan fingerprint density at radius 3 is 2.72 bits per heavy atom. The van der Waals surface area contributed by atoms with Crippen molar-refractivity contribution in [2.24, 2.45) is 0 Å². The first-order valence-electron chi connectivity index (χ1n) is 9.08. The molecular formula is C21H20BrCl2N3O2. The molecule has 0 unspecified atom stereocenters. The summed E-state index contributed by atoms with van der Waals surface area (Å²) in [7, 11) is 0. The predicted octanol–water partition coefficient (Wildman–Crippen LogP) is 5.66. The molecule has 0 aliphatic heterocycles. The summed E-state index contributed by atoms with van der Waals surface area (Å²) in [6, 6.07) is 15.0. The van der Waals surface area contributed by atoms with Gasteiger partial charge in [0.05, 0.1) is 10.2 Å². The van der Waals surface area contributed by atoms with Crippen LogP contribution in [0.1, 0.15) is 28.0 Å². The van der Waals surface area contributed by atoms with Crippen LogP contribution >= 0.6 is 39.1 Å². The maximum absolute atomic E-state index is 12.4. The van der Waals surface area contributed by atoms with E-state index in [-0.39, 0.29) is 5.91 Å². The van der Waals surface area contributed by atoms with Crippen molar-refractivity contribution < 1.29 is 9.53 Å². The first-order chi connectivity index (χ1) is 14.0. The number of ether oxygens (including phenoxy) is 1. The predicted molar refractivity (Wildman–Crippen MR) is 119 cm³/mol. The van der Waals surface area contributed by atoms with Gasteiger partial charge in [0, 0.05) is 18.7 Å². The lowest BCUT2D eigenvalue weighted by Gasteiger charge is -2.10. The molecule has 2 aromatic carbocycles. The van der Waals surface area contributed by atoms with Gasteiger partial charge in [-0.1, -0.05) is 47.5 Å². The van der Waals surface area contributed by atoms with Crippen LogP contribution in [0, 0.1) is 6.92 Å². The fourth-order valence-corrected chi connectivity index (χ4v) is 3.53. The summed E-state index contributed by atoms with van der Waals surface area (Å²) in [5.74, 6) is 0.628. The van der Waals surface area contributed by atoms with Gasteiger partial charge in [0.15, 0.2) is 0 Å².